The number of ether oxygens (including phenoxy) is 1. The lowest BCUT2D eigenvalue weighted by Gasteiger charge is -2.07. The van der Waals surface area contributed by atoms with Crippen LogP contribution in [0, 0.1) is 10.5 Å². The van der Waals surface area contributed by atoms with E-state index in [1.165, 1.54) is 7.11 Å². The molecule has 1 aromatic heterocycles. The topological polar surface area (TPSA) is 22.1 Å². The fraction of sp³-hybridized carbons (Fsp3) is 0.375. The van der Waals surface area contributed by atoms with Gasteiger partial charge >= 0.3 is 0 Å². The molecular formula is C8H8F2INO. The van der Waals surface area contributed by atoms with E-state index in [1.54, 1.807) is 13.0 Å². The highest BCUT2D eigenvalue weighted by atomic mass is 127. The summed E-state index contributed by atoms with van der Waals surface area (Å²) in [5.74, 6) is 0.251. The highest BCUT2D eigenvalue weighted by molar-refractivity contribution is 14.1. The van der Waals surface area contributed by atoms with Crippen LogP contribution in [0.15, 0.2) is 6.07 Å². The van der Waals surface area contributed by atoms with Gasteiger partial charge in [-0.25, -0.2) is 13.8 Å². The number of rotatable bonds is 2. The molecule has 5 heteroatoms. The Balaban J connectivity index is 3.22. The van der Waals surface area contributed by atoms with Crippen LogP contribution in [0.4, 0.5) is 8.78 Å². The molecule has 2 nitrogen and oxygen atoms in total. The molecule has 0 saturated heterocycles. The van der Waals surface area contributed by atoms with Crippen LogP contribution in [0.1, 0.15) is 17.7 Å². The molecule has 0 spiro atoms. The number of alkyl halides is 2. The van der Waals surface area contributed by atoms with Crippen molar-refractivity contribution in [1.82, 2.24) is 4.98 Å². The Hall–Kier alpha value is -0.460. The summed E-state index contributed by atoms with van der Waals surface area (Å²) in [6.45, 7) is 1.61. The normalized spacial score (nSPS) is 10.6. The van der Waals surface area contributed by atoms with Gasteiger partial charge in [0.15, 0.2) is 0 Å². The predicted octanol–water partition coefficient (Wildman–Crippen LogP) is 2.94. The molecule has 72 valence electrons. The summed E-state index contributed by atoms with van der Waals surface area (Å²) < 4.78 is 30.3. The van der Waals surface area contributed by atoms with Gasteiger partial charge in [0.05, 0.1) is 10.7 Å². The van der Waals surface area contributed by atoms with E-state index in [4.69, 9.17) is 4.74 Å². The maximum atomic E-state index is 12.4. The van der Waals surface area contributed by atoms with Crippen LogP contribution in [0.2, 0.25) is 0 Å². The average molecular weight is 299 g/mol. The van der Waals surface area contributed by atoms with Crippen molar-refractivity contribution in [3.05, 3.63) is 20.9 Å². The third-order valence-corrected chi connectivity index (χ3v) is 2.35. The number of hydrogen-bond donors (Lipinski definition) is 0. The standard InChI is InChI=1S/C8H8F2INO/c1-4-3-5(11)8(13-2)12-6(4)7(9)10/h3,7H,1-2H3. The molecule has 0 N–H and O–H groups in total. The summed E-state index contributed by atoms with van der Waals surface area (Å²) >= 11 is 1.99. The maximum absolute atomic E-state index is 12.4. The van der Waals surface area contributed by atoms with Gasteiger partial charge in [-0.05, 0) is 41.1 Å². The fourth-order valence-corrected chi connectivity index (χ4v) is 1.75. The summed E-state index contributed by atoms with van der Waals surface area (Å²) in [4.78, 5) is 3.71. The number of aryl methyl sites for hydroxylation is 1. The van der Waals surface area contributed by atoms with Crippen molar-refractivity contribution in [2.75, 3.05) is 7.11 Å². The minimum atomic E-state index is -2.55. The fourth-order valence-electron chi connectivity index (χ4n) is 0.941. The molecule has 13 heavy (non-hydrogen) atoms. The van der Waals surface area contributed by atoms with Gasteiger partial charge in [-0.3, -0.25) is 0 Å². The van der Waals surface area contributed by atoms with Crippen LogP contribution < -0.4 is 4.74 Å². The molecule has 0 fully saturated rings. The second-order valence-corrected chi connectivity index (χ2v) is 3.64. The Labute approximate surface area is 88.5 Å². The van der Waals surface area contributed by atoms with Gasteiger partial charge in [-0.15, -0.1) is 0 Å². The van der Waals surface area contributed by atoms with E-state index in [0.717, 1.165) is 3.57 Å². The van der Waals surface area contributed by atoms with Crippen molar-refractivity contribution in [2.45, 2.75) is 13.3 Å². The number of methoxy groups -OCH3 is 1. The number of pyridine rings is 1. The number of aromatic nitrogens is 1. The van der Waals surface area contributed by atoms with E-state index in [1.807, 2.05) is 22.6 Å². The first-order chi connectivity index (χ1) is 6.06. The number of halogens is 3. The van der Waals surface area contributed by atoms with Crippen molar-refractivity contribution < 1.29 is 13.5 Å². The lowest BCUT2D eigenvalue weighted by atomic mass is 10.2. The highest BCUT2D eigenvalue weighted by Gasteiger charge is 2.15. The Bertz CT molecular complexity index is 317. The molecule has 1 heterocycles. The van der Waals surface area contributed by atoms with Crippen molar-refractivity contribution in [3.8, 4) is 5.88 Å². The van der Waals surface area contributed by atoms with Gasteiger partial charge < -0.3 is 4.74 Å². The van der Waals surface area contributed by atoms with Gasteiger partial charge in [0, 0.05) is 0 Å². The van der Waals surface area contributed by atoms with Crippen LogP contribution in [0.3, 0.4) is 0 Å². The Morgan fingerprint density at radius 3 is 2.62 bits per heavy atom. The van der Waals surface area contributed by atoms with Crippen LogP contribution in [0.25, 0.3) is 0 Å². The van der Waals surface area contributed by atoms with Crippen molar-refractivity contribution in [1.29, 1.82) is 0 Å². The smallest absolute Gasteiger partial charge is 0.280 e. The molecule has 0 atom stereocenters. The number of nitrogens with zero attached hydrogens (tertiary/aromatic N) is 1. The predicted molar refractivity (Wildman–Crippen MR) is 53.2 cm³/mol. The average Bonchev–Trinajstić information content (AvgIpc) is 2.03. The van der Waals surface area contributed by atoms with Crippen LogP contribution in [-0.4, -0.2) is 12.1 Å². The summed E-state index contributed by atoms with van der Waals surface area (Å²) in [6.07, 6.45) is -2.55. The van der Waals surface area contributed by atoms with Crippen LogP contribution in [0.5, 0.6) is 5.88 Å². The third-order valence-electron chi connectivity index (χ3n) is 1.57. The first-order valence-electron chi connectivity index (χ1n) is 3.55. The Morgan fingerprint density at radius 2 is 2.15 bits per heavy atom. The largest absolute Gasteiger partial charge is 0.480 e. The molecule has 1 aromatic rings. The van der Waals surface area contributed by atoms with E-state index in [-0.39, 0.29) is 11.6 Å². The summed E-state index contributed by atoms with van der Waals surface area (Å²) in [5, 5.41) is 0. The summed E-state index contributed by atoms with van der Waals surface area (Å²) in [5.41, 5.74) is 0.275. The molecule has 0 bridgehead atoms. The first kappa shape index (κ1) is 10.6. The zero-order valence-electron chi connectivity index (χ0n) is 7.14. The minimum Gasteiger partial charge on any atom is -0.480 e. The summed E-state index contributed by atoms with van der Waals surface area (Å²) in [6, 6.07) is 1.63. The van der Waals surface area contributed by atoms with Crippen molar-refractivity contribution in [2.24, 2.45) is 0 Å². The monoisotopic (exact) mass is 299 g/mol. The zero-order chi connectivity index (χ0) is 10.0. The van der Waals surface area contributed by atoms with E-state index < -0.39 is 6.43 Å². The molecule has 0 aromatic carbocycles. The maximum Gasteiger partial charge on any atom is 0.280 e. The summed E-state index contributed by atoms with van der Waals surface area (Å²) in [7, 11) is 1.41. The van der Waals surface area contributed by atoms with Crippen molar-refractivity contribution >= 4 is 22.6 Å². The van der Waals surface area contributed by atoms with Crippen LogP contribution in [-0.2, 0) is 0 Å². The third kappa shape index (κ3) is 2.26. The quantitative estimate of drug-likeness (QED) is 0.783. The van der Waals surface area contributed by atoms with Gasteiger partial charge in [-0.1, -0.05) is 0 Å². The minimum absolute atomic E-state index is 0.211. The van der Waals surface area contributed by atoms with Crippen molar-refractivity contribution in [3.63, 3.8) is 0 Å². The van der Waals surface area contributed by atoms with E-state index >= 15 is 0 Å². The SMILES string of the molecule is COc1nc(C(F)F)c(C)cc1I. The zero-order valence-corrected chi connectivity index (χ0v) is 9.30. The molecule has 0 aliphatic heterocycles. The molecular weight excluding hydrogens is 291 g/mol. The van der Waals surface area contributed by atoms with E-state index in [0.29, 0.717) is 5.56 Å². The van der Waals surface area contributed by atoms with Gasteiger partial charge in [0.1, 0.15) is 5.69 Å². The molecule has 0 aliphatic rings. The molecule has 0 aliphatic carbocycles. The first-order valence-corrected chi connectivity index (χ1v) is 4.63. The van der Waals surface area contributed by atoms with Gasteiger partial charge in [-0.2, -0.15) is 0 Å². The van der Waals surface area contributed by atoms with E-state index in [2.05, 4.69) is 4.98 Å². The van der Waals surface area contributed by atoms with Gasteiger partial charge in [0.25, 0.3) is 6.43 Å². The molecule has 1 rings (SSSR count). The molecule has 0 radical (unpaired) electrons. The van der Waals surface area contributed by atoms with Gasteiger partial charge in [0.2, 0.25) is 5.88 Å². The lowest BCUT2D eigenvalue weighted by molar-refractivity contribution is 0.144. The lowest BCUT2D eigenvalue weighted by Crippen LogP contribution is -1.99. The van der Waals surface area contributed by atoms with Crippen LogP contribution >= 0.6 is 22.6 Å². The van der Waals surface area contributed by atoms with E-state index in [9.17, 15) is 8.78 Å². The second-order valence-electron chi connectivity index (χ2n) is 2.48. The Kier molecular flexibility index (Phi) is 3.40. The second kappa shape index (κ2) is 4.17. The molecule has 0 saturated carbocycles. The number of hydrogen-bond acceptors (Lipinski definition) is 2. The molecule has 0 amide bonds. The Morgan fingerprint density at radius 1 is 1.54 bits per heavy atom. The highest BCUT2D eigenvalue weighted by Crippen LogP contribution is 2.26. The molecule has 0 unspecified atom stereocenters.